The highest BCUT2D eigenvalue weighted by molar-refractivity contribution is 7.12. The molecule has 1 N–H and O–H groups in total. The van der Waals surface area contributed by atoms with E-state index in [1.54, 1.807) is 11.3 Å². The Balaban J connectivity index is 1.48. The van der Waals surface area contributed by atoms with E-state index >= 15 is 0 Å². The summed E-state index contributed by atoms with van der Waals surface area (Å²) in [6, 6.07) is 10.3. The third-order valence-corrected chi connectivity index (χ3v) is 6.42. The lowest BCUT2D eigenvalue weighted by Crippen LogP contribution is -2.43. The number of nitrogens with zero attached hydrogens (tertiary/aromatic N) is 2. The Morgan fingerprint density at radius 2 is 1.92 bits per heavy atom. The molecular weight excluding hydrogens is 366 g/mol. The van der Waals surface area contributed by atoms with Gasteiger partial charge in [0.2, 0.25) is 0 Å². The van der Waals surface area contributed by atoms with Crippen LogP contribution in [0, 0.1) is 0 Å². The third kappa shape index (κ3) is 3.76. The third-order valence-electron chi connectivity index (χ3n) is 4.55. The van der Waals surface area contributed by atoms with Gasteiger partial charge in [-0.15, -0.1) is 22.7 Å². The van der Waals surface area contributed by atoms with Gasteiger partial charge in [-0.05, 0) is 35.0 Å². The van der Waals surface area contributed by atoms with Crippen LogP contribution in [0.25, 0.3) is 5.69 Å². The van der Waals surface area contributed by atoms with Crippen molar-refractivity contribution in [2.24, 2.45) is 0 Å². The van der Waals surface area contributed by atoms with Crippen molar-refractivity contribution in [1.82, 2.24) is 14.8 Å². The average Bonchev–Trinajstić information content (AvgIpc) is 3.43. The van der Waals surface area contributed by atoms with Crippen LogP contribution in [-0.4, -0.2) is 48.2 Å². The number of amides is 1. The van der Waals surface area contributed by atoms with Gasteiger partial charge in [-0.3, -0.25) is 9.69 Å². The van der Waals surface area contributed by atoms with Crippen LogP contribution in [0.3, 0.4) is 0 Å². The van der Waals surface area contributed by atoms with Crippen molar-refractivity contribution >= 4 is 28.6 Å². The van der Waals surface area contributed by atoms with Gasteiger partial charge in [0.05, 0.1) is 24.9 Å². The maximum absolute atomic E-state index is 12.8. The van der Waals surface area contributed by atoms with Crippen molar-refractivity contribution < 1.29 is 9.53 Å². The molecule has 0 unspecified atom stereocenters. The van der Waals surface area contributed by atoms with Gasteiger partial charge in [-0.25, -0.2) is 0 Å². The number of ether oxygens (including phenoxy) is 1. The van der Waals surface area contributed by atoms with E-state index in [-0.39, 0.29) is 11.9 Å². The standard InChI is InChI=1S/C19H21N3O2S2/c23-19(18-15(5-13-26-18)21-6-1-2-7-21)20-14-16(17-4-3-12-25-17)22-8-10-24-11-9-22/h1-7,12-13,16H,8-11,14H2,(H,20,23)/t16-/m1/s1. The minimum Gasteiger partial charge on any atom is -0.379 e. The smallest absolute Gasteiger partial charge is 0.263 e. The molecule has 1 fully saturated rings. The van der Waals surface area contributed by atoms with E-state index in [0.717, 1.165) is 36.9 Å². The number of carbonyl (C=O) groups excluding carboxylic acids is 1. The lowest BCUT2D eigenvalue weighted by molar-refractivity contribution is 0.0169. The molecule has 0 aromatic carbocycles. The minimum absolute atomic E-state index is 0.0153. The van der Waals surface area contributed by atoms with Crippen LogP contribution < -0.4 is 5.32 Å². The number of rotatable bonds is 6. The first kappa shape index (κ1) is 17.5. The number of morpholine rings is 1. The van der Waals surface area contributed by atoms with Crippen molar-refractivity contribution in [3.8, 4) is 5.69 Å². The van der Waals surface area contributed by atoms with Crippen molar-refractivity contribution in [2.75, 3.05) is 32.8 Å². The molecule has 136 valence electrons. The predicted molar refractivity (Wildman–Crippen MR) is 105 cm³/mol. The number of nitrogens with one attached hydrogen (secondary N) is 1. The van der Waals surface area contributed by atoms with Crippen molar-refractivity contribution in [3.63, 3.8) is 0 Å². The van der Waals surface area contributed by atoms with Crippen LogP contribution in [0.1, 0.15) is 20.6 Å². The summed E-state index contributed by atoms with van der Waals surface area (Å²) in [5, 5.41) is 7.21. The van der Waals surface area contributed by atoms with E-state index in [1.807, 2.05) is 40.5 Å². The van der Waals surface area contributed by atoms with E-state index in [9.17, 15) is 4.79 Å². The van der Waals surface area contributed by atoms with Gasteiger partial charge in [-0.1, -0.05) is 6.07 Å². The highest BCUT2D eigenvalue weighted by Gasteiger charge is 2.24. The lowest BCUT2D eigenvalue weighted by Gasteiger charge is -2.34. The zero-order valence-corrected chi connectivity index (χ0v) is 16.0. The largest absolute Gasteiger partial charge is 0.379 e. The summed E-state index contributed by atoms with van der Waals surface area (Å²) in [4.78, 5) is 17.2. The fourth-order valence-corrected chi connectivity index (χ4v) is 4.89. The SMILES string of the molecule is O=C(NC[C@H](c1cccs1)N1CCOCC1)c1sccc1-n1cccc1. The molecule has 7 heteroatoms. The van der Waals surface area contributed by atoms with Crippen LogP contribution >= 0.6 is 22.7 Å². The van der Waals surface area contributed by atoms with E-state index in [1.165, 1.54) is 16.2 Å². The molecule has 4 heterocycles. The van der Waals surface area contributed by atoms with E-state index in [2.05, 4.69) is 27.7 Å². The normalized spacial score (nSPS) is 16.5. The van der Waals surface area contributed by atoms with Crippen molar-refractivity contribution in [1.29, 1.82) is 0 Å². The van der Waals surface area contributed by atoms with Gasteiger partial charge in [0.15, 0.2) is 0 Å². The summed E-state index contributed by atoms with van der Waals surface area (Å²) < 4.78 is 7.46. The maximum atomic E-state index is 12.8. The zero-order chi connectivity index (χ0) is 17.8. The Bertz CT molecular complexity index is 821. The molecule has 26 heavy (non-hydrogen) atoms. The summed E-state index contributed by atoms with van der Waals surface area (Å²) in [6.45, 7) is 3.89. The Kier molecular flexibility index (Phi) is 5.50. The molecule has 0 saturated carbocycles. The second-order valence-electron chi connectivity index (χ2n) is 6.11. The van der Waals surface area contributed by atoms with E-state index in [0.29, 0.717) is 6.54 Å². The quantitative estimate of drug-likeness (QED) is 0.705. The molecule has 0 bridgehead atoms. The van der Waals surface area contributed by atoms with Crippen LogP contribution in [0.4, 0.5) is 0 Å². The van der Waals surface area contributed by atoms with Crippen LogP contribution in [0.15, 0.2) is 53.5 Å². The Labute approximate surface area is 160 Å². The van der Waals surface area contributed by atoms with Gasteiger partial charge >= 0.3 is 0 Å². The minimum atomic E-state index is -0.0153. The molecule has 0 aliphatic carbocycles. The van der Waals surface area contributed by atoms with Crippen LogP contribution in [0.5, 0.6) is 0 Å². The Morgan fingerprint density at radius 1 is 1.12 bits per heavy atom. The molecule has 3 aromatic heterocycles. The van der Waals surface area contributed by atoms with E-state index < -0.39 is 0 Å². The molecule has 1 aliphatic rings. The number of thiophene rings is 2. The molecule has 1 aliphatic heterocycles. The van der Waals surface area contributed by atoms with Gasteiger partial charge in [0.25, 0.3) is 5.91 Å². The molecule has 1 amide bonds. The molecule has 0 spiro atoms. The first-order valence-electron chi connectivity index (χ1n) is 8.67. The predicted octanol–water partition coefficient (Wildman–Crippen LogP) is 3.40. The summed E-state index contributed by atoms with van der Waals surface area (Å²) in [7, 11) is 0. The van der Waals surface area contributed by atoms with Gasteiger partial charge in [0.1, 0.15) is 4.88 Å². The second kappa shape index (κ2) is 8.18. The van der Waals surface area contributed by atoms with Crippen molar-refractivity contribution in [2.45, 2.75) is 6.04 Å². The van der Waals surface area contributed by atoms with Crippen LogP contribution in [-0.2, 0) is 4.74 Å². The Morgan fingerprint density at radius 3 is 2.65 bits per heavy atom. The number of hydrogen-bond donors (Lipinski definition) is 1. The molecule has 4 rings (SSSR count). The second-order valence-corrected chi connectivity index (χ2v) is 8.01. The molecule has 1 atom stereocenters. The molecular formula is C19H21N3O2S2. The fraction of sp³-hybridized carbons (Fsp3) is 0.316. The highest BCUT2D eigenvalue weighted by Crippen LogP contribution is 2.26. The van der Waals surface area contributed by atoms with Gasteiger partial charge < -0.3 is 14.6 Å². The molecule has 3 aromatic rings. The highest BCUT2D eigenvalue weighted by atomic mass is 32.1. The topological polar surface area (TPSA) is 46.5 Å². The lowest BCUT2D eigenvalue weighted by atomic mass is 10.2. The first-order chi connectivity index (χ1) is 12.8. The van der Waals surface area contributed by atoms with Gasteiger partial charge in [0, 0.05) is 36.9 Å². The number of carbonyl (C=O) groups is 1. The number of hydrogen-bond acceptors (Lipinski definition) is 5. The maximum Gasteiger partial charge on any atom is 0.263 e. The number of aromatic nitrogens is 1. The average molecular weight is 388 g/mol. The first-order valence-corrected chi connectivity index (χ1v) is 10.4. The molecule has 1 saturated heterocycles. The van der Waals surface area contributed by atoms with Crippen molar-refractivity contribution in [3.05, 3.63) is 63.2 Å². The van der Waals surface area contributed by atoms with Crippen LogP contribution in [0.2, 0.25) is 0 Å². The van der Waals surface area contributed by atoms with E-state index in [4.69, 9.17) is 4.74 Å². The fourth-order valence-electron chi connectivity index (χ4n) is 3.22. The van der Waals surface area contributed by atoms with Gasteiger partial charge in [-0.2, -0.15) is 0 Å². The molecule has 5 nitrogen and oxygen atoms in total. The Hall–Kier alpha value is -1.93. The summed E-state index contributed by atoms with van der Waals surface area (Å²) in [6.07, 6.45) is 3.92. The summed E-state index contributed by atoms with van der Waals surface area (Å²) in [5.41, 5.74) is 0.927. The summed E-state index contributed by atoms with van der Waals surface area (Å²) >= 11 is 3.22. The summed E-state index contributed by atoms with van der Waals surface area (Å²) in [5.74, 6) is -0.0153. The zero-order valence-electron chi connectivity index (χ0n) is 14.3. The monoisotopic (exact) mass is 387 g/mol. The molecule has 0 radical (unpaired) electrons.